The third-order valence-corrected chi connectivity index (χ3v) is 4.71. The van der Waals surface area contributed by atoms with Gasteiger partial charge in [-0.2, -0.15) is 0 Å². The van der Waals surface area contributed by atoms with E-state index in [1.807, 2.05) is 0 Å². The topological polar surface area (TPSA) is 62.3 Å². The maximum atomic E-state index is 12.8. The van der Waals surface area contributed by atoms with Gasteiger partial charge in [0, 0.05) is 33.7 Å². The Morgan fingerprint density at radius 3 is 2.54 bits per heavy atom. The first-order valence-electron chi connectivity index (χ1n) is 7.46. The van der Waals surface area contributed by atoms with E-state index in [0.717, 1.165) is 12.8 Å². The normalized spacial score (nSPS) is 13.6. The van der Waals surface area contributed by atoms with Gasteiger partial charge in [-0.05, 0) is 37.0 Å². The van der Waals surface area contributed by atoms with Crippen molar-refractivity contribution in [3.8, 4) is 0 Å². The summed E-state index contributed by atoms with van der Waals surface area (Å²) in [5.41, 5.74) is 0.384. The molecule has 126 valence electrons. The zero-order valence-electron chi connectivity index (χ0n) is 12.7. The summed E-state index contributed by atoms with van der Waals surface area (Å²) >= 11 is 13.3. The van der Waals surface area contributed by atoms with Crippen molar-refractivity contribution in [1.29, 1.82) is 0 Å². The molecule has 3 rings (SSSR count). The molecule has 0 saturated heterocycles. The Labute approximate surface area is 153 Å². The Bertz CT molecular complexity index is 728. The largest absolute Gasteiger partial charge is 0.329 e. The van der Waals surface area contributed by atoms with E-state index < -0.39 is 0 Å². The highest BCUT2D eigenvalue weighted by atomic mass is 35.5. The van der Waals surface area contributed by atoms with Gasteiger partial charge < -0.3 is 10.2 Å². The standard InChI is InChI=1S/C16H15Cl2N3O2S/c17-12-5-11(6-13(18)7-12)15(23)21(8-10-1-2-10)9-14(22)20-16-19-3-4-24-16/h3-7,10H,1-2,8-9H2,(H,19,20,22). The molecule has 1 saturated carbocycles. The van der Waals surface area contributed by atoms with Crippen molar-refractivity contribution in [1.82, 2.24) is 9.88 Å². The number of thiazole rings is 1. The lowest BCUT2D eigenvalue weighted by atomic mass is 10.2. The summed E-state index contributed by atoms with van der Waals surface area (Å²) in [6.07, 6.45) is 3.77. The number of aromatic nitrogens is 1. The second-order valence-electron chi connectivity index (χ2n) is 5.67. The summed E-state index contributed by atoms with van der Waals surface area (Å²) in [4.78, 5) is 30.5. The van der Waals surface area contributed by atoms with Crippen LogP contribution in [0.25, 0.3) is 0 Å². The van der Waals surface area contributed by atoms with Gasteiger partial charge in [0.1, 0.15) is 6.54 Å². The molecule has 0 unspecified atom stereocenters. The van der Waals surface area contributed by atoms with Crippen molar-refractivity contribution in [2.45, 2.75) is 12.8 Å². The summed E-state index contributed by atoms with van der Waals surface area (Å²) in [6, 6.07) is 4.70. The van der Waals surface area contributed by atoms with Crippen LogP contribution < -0.4 is 5.32 Å². The van der Waals surface area contributed by atoms with Crippen LogP contribution in [0.3, 0.4) is 0 Å². The molecule has 0 spiro atoms. The van der Waals surface area contributed by atoms with Gasteiger partial charge in [-0.1, -0.05) is 23.2 Å². The van der Waals surface area contributed by atoms with Crippen LogP contribution >= 0.6 is 34.5 Å². The summed E-state index contributed by atoms with van der Waals surface area (Å²) in [5, 5.41) is 5.78. The lowest BCUT2D eigenvalue weighted by molar-refractivity contribution is -0.116. The highest BCUT2D eigenvalue weighted by Gasteiger charge is 2.29. The summed E-state index contributed by atoms with van der Waals surface area (Å²) in [7, 11) is 0. The molecule has 0 atom stereocenters. The van der Waals surface area contributed by atoms with Crippen molar-refractivity contribution < 1.29 is 9.59 Å². The smallest absolute Gasteiger partial charge is 0.254 e. The van der Waals surface area contributed by atoms with Gasteiger partial charge in [-0.25, -0.2) is 4.98 Å². The van der Waals surface area contributed by atoms with E-state index in [1.165, 1.54) is 11.3 Å². The number of halogens is 2. The van der Waals surface area contributed by atoms with E-state index in [9.17, 15) is 9.59 Å². The third-order valence-electron chi connectivity index (χ3n) is 3.59. The number of benzene rings is 1. The fourth-order valence-electron chi connectivity index (χ4n) is 2.31. The molecular formula is C16H15Cl2N3O2S. The number of nitrogens with zero attached hydrogens (tertiary/aromatic N) is 2. The van der Waals surface area contributed by atoms with Crippen molar-refractivity contribution in [2.75, 3.05) is 18.4 Å². The molecule has 2 amide bonds. The van der Waals surface area contributed by atoms with Crippen LogP contribution in [0, 0.1) is 5.92 Å². The fourth-order valence-corrected chi connectivity index (χ4v) is 3.38. The Hall–Kier alpha value is -1.63. The predicted octanol–water partition coefficient (Wildman–Crippen LogP) is 3.94. The molecule has 1 aliphatic rings. The zero-order chi connectivity index (χ0) is 17.1. The summed E-state index contributed by atoms with van der Waals surface area (Å²) in [5.74, 6) is -0.0658. The molecule has 0 radical (unpaired) electrons. The van der Waals surface area contributed by atoms with Gasteiger partial charge in [-0.3, -0.25) is 9.59 Å². The molecule has 1 aromatic heterocycles. The van der Waals surface area contributed by atoms with Gasteiger partial charge >= 0.3 is 0 Å². The van der Waals surface area contributed by atoms with Crippen LogP contribution in [0.2, 0.25) is 10.0 Å². The van der Waals surface area contributed by atoms with E-state index in [-0.39, 0.29) is 18.4 Å². The Morgan fingerprint density at radius 2 is 1.96 bits per heavy atom. The van der Waals surface area contributed by atoms with E-state index in [1.54, 1.807) is 34.7 Å². The van der Waals surface area contributed by atoms with Gasteiger partial charge in [0.05, 0.1) is 0 Å². The molecule has 2 aromatic rings. The first kappa shape index (κ1) is 17.2. The van der Waals surface area contributed by atoms with Crippen molar-refractivity contribution in [3.05, 3.63) is 45.4 Å². The second kappa shape index (κ2) is 7.51. The number of carbonyl (C=O) groups is 2. The number of anilines is 1. The summed E-state index contributed by atoms with van der Waals surface area (Å²) in [6.45, 7) is 0.521. The van der Waals surface area contributed by atoms with Gasteiger partial charge in [0.2, 0.25) is 5.91 Å². The summed E-state index contributed by atoms with van der Waals surface area (Å²) < 4.78 is 0. The van der Waals surface area contributed by atoms with Crippen LogP contribution in [-0.2, 0) is 4.79 Å². The Morgan fingerprint density at radius 1 is 1.25 bits per heavy atom. The monoisotopic (exact) mass is 383 g/mol. The third kappa shape index (κ3) is 4.69. The maximum absolute atomic E-state index is 12.8. The minimum atomic E-state index is -0.271. The highest BCUT2D eigenvalue weighted by molar-refractivity contribution is 7.13. The molecule has 5 nitrogen and oxygen atoms in total. The van der Waals surface area contributed by atoms with Crippen LogP contribution in [0.5, 0.6) is 0 Å². The lowest BCUT2D eigenvalue weighted by Gasteiger charge is -2.22. The molecule has 1 heterocycles. The number of rotatable bonds is 6. The predicted molar refractivity (Wildman–Crippen MR) is 95.8 cm³/mol. The number of amides is 2. The van der Waals surface area contributed by atoms with Gasteiger partial charge in [0.15, 0.2) is 5.13 Å². The average molecular weight is 384 g/mol. The van der Waals surface area contributed by atoms with Crippen LogP contribution in [0.4, 0.5) is 5.13 Å². The quantitative estimate of drug-likeness (QED) is 0.821. The van der Waals surface area contributed by atoms with Crippen LogP contribution in [0.15, 0.2) is 29.8 Å². The molecule has 1 fully saturated rings. The molecule has 0 bridgehead atoms. The number of carbonyl (C=O) groups excluding carboxylic acids is 2. The molecule has 24 heavy (non-hydrogen) atoms. The first-order valence-corrected chi connectivity index (χ1v) is 9.09. The first-order chi connectivity index (χ1) is 11.5. The number of hydrogen-bond acceptors (Lipinski definition) is 4. The van der Waals surface area contributed by atoms with E-state index >= 15 is 0 Å². The van der Waals surface area contributed by atoms with Crippen molar-refractivity contribution >= 4 is 51.5 Å². The van der Waals surface area contributed by atoms with Crippen molar-refractivity contribution in [3.63, 3.8) is 0 Å². The zero-order valence-corrected chi connectivity index (χ0v) is 15.0. The van der Waals surface area contributed by atoms with Gasteiger partial charge in [0.25, 0.3) is 5.91 Å². The van der Waals surface area contributed by atoms with E-state index in [2.05, 4.69) is 10.3 Å². The highest BCUT2D eigenvalue weighted by Crippen LogP contribution is 2.30. The molecule has 8 heteroatoms. The van der Waals surface area contributed by atoms with Gasteiger partial charge in [-0.15, -0.1) is 11.3 Å². The minimum Gasteiger partial charge on any atom is -0.329 e. The molecule has 1 aromatic carbocycles. The number of hydrogen-bond donors (Lipinski definition) is 1. The van der Waals surface area contributed by atoms with Crippen molar-refractivity contribution in [2.24, 2.45) is 5.92 Å². The Kier molecular flexibility index (Phi) is 5.38. The van der Waals surface area contributed by atoms with Crippen LogP contribution in [-0.4, -0.2) is 34.8 Å². The second-order valence-corrected chi connectivity index (χ2v) is 7.44. The fraction of sp³-hybridized carbons (Fsp3) is 0.312. The number of nitrogens with one attached hydrogen (secondary N) is 1. The minimum absolute atomic E-state index is 0.0287. The molecular weight excluding hydrogens is 369 g/mol. The maximum Gasteiger partial charge on any atom is 0.254 e. The SMILES string of the molecule is O=C(CN(CC1CC1)C(=O)c1cc(Cl)cc(Cl)c1)Nc1nccs1. The average Bonchev–Trinajstić information content (AvgIpc) is 3.19. The van der Waals surface area contributed by atoms with E-state index in [0.29, 0.717) is 33.2 Å². The van der Waals surface area contributed by atoms with Crippen LogP contribution in [0.1, 0.15) is 23.2 Å². The molecule has 1 N–H and O–H groups in total. The lowest BCUT2D eigenvalue weighted by Crippen LogP contribution is -2.39. The van der Waals surface area contributed by atoms with E-state index in [4.69, 9.17) is 23.2 Å². The Balaban J connectivity index is 1.72. The molecule has 0 aliphatic heterocycles. The molecule has 1 aliphatic carbocycles.